The summed E-state index contributed by atoms with van der Waals surface area (Å²) < 4.78 is 39.4. The highest BCUT2D eigenvalue weighted by Crippen LogP contribution is 2.43. The zero-order valence-corrected chi connectivity index (χ0v) is 12.5. The normalized spacial score (nSPS) is 11.4. The standard InChI is InChI=1S/C13H11F3N2OS2/c1-18-12-7(11(17)19)6-10(21-12)20-9-5-3-2-4-8(9)13(14,15)16/h2-6,18H,1H3,(H2,17,19). The molecule has 1 aromatic carbocycles. The van der Waals surface area contributed by atoms with Gasteiger partial charge in [0.2, 0.25) is 0 Å². The smallest absolute Gasteiger partial charge is 0.379 e. The summed E-state index contributed by atoms with van der Waals surface area (Å²) in [6.07, 6.45) is -4.42. The van der Waals surface area contributed by atoms with Gasteiger partial charge < -0.3 is 11.1 Å². The molecular weight excluding hydrogens is 321 g/mol. The van der Waals surface area contributed by atoms with Crippen LogP contribution in [0.3, 0.4) is 0 Å². The maximum atomic E-state index is 12.9. The number of benzene rings is 1. The Kier molecular flexibility index (Phi) is 4.48. The van der Waals surface area contributed by atoms with Gasteiger partial charge in [0.15, 0.2) is 0 Å². The van der Waals surface area contributed by atoms with Gasteiger partial charge in [-0.15, -0.1) is 11.3 Å². The van der Waals surface area contributed by atoms with Crippen molar-refractivity contribution in [3.63, 3.8) is 0 Å². The van der Waals surface area contributed by atoms with Crippen molar-refractivity contribution in [1.29, 1.82) is 0 Å². The van der Waals surface area contributed by atoms with E-state index in [1.807, 2.05) is 0 Å². The number of amides is 1. The molecule has 0 saturated carbocycles. The second-order valence-electron chi connectivity index (χ2n) is 4.02. The molecule has 1 heterocycles. The van der Waals surface area contributed by atoms with E-state index in [0.717, 1.165) is 17.8 Å². The van der Waals surface area contributed by atoms with Crippen LogP contribution in [0, 0.1) is 0 Å². The molecule has 1 amide bonds. The van der Waals surface area contributed by atoms with Crippen LogP contribution >= 0.6 is 23.1 Å². The van der Waals surface area contributed by atoms with Crippen LogP contribution in [-0.4, -0.2) is 13.0 Å². The highest BCUT2D eigenvalue weighted by Gasteiger charge is 2.33. The highest BCUT2D eigenvalue weighted by atomic mass is 32.2. The van der Waals surface area contributed by atoms with Crippen LogP contribution in [0.2, 0.25) is 0 Å². The molecule has 1 aromatic heterocycles. The Labute approximate surface area is 127 Å². The summed E-state index contributed by atoms with van der Waals surface area (Å²) in [4.78, 5) is 11.4. The van der Waals surface area contributed by atoms with E-state index in [0.29, 0.717) is 9.21 Å². The molecule has 21 heavy (non-hydrogen) atoms. The fourth-order valence-corrected chi connectivity index (χ4v) is 3.96. The maximum absolute atomic E-state index is 12.9. The van der Waals surface area contributed by atoms with Gasteiger partial charge in [-0.3, -0.25) is 4.79 Å². The van der Waals surface area contributed by atoms with Gasteiger partial charge in [-0.2, -0.15) is 13.2 Å². The van der Waals surface area contributed by atoms with Gasteiger partial charge in [-0.1, -0.05) is 23.9 Å². The molecule has 0 atom stereocenters. The predicted molar refractivity (Wildman–Crippen MR) is 78.0 cm³/mol. The third-order valence-corrected chi connectivity index (χ3v) is 4.95. The summed E-state index contributed by atoms with van der Waals surface area (Å²) in [6.45, 7) is 0. The fourth-order valence-electron chi connectivity index (χ4n) is 1.69. The Bertz CT molecular complexity index is 668. The molecule has 0 aliphatic heterocycles. The molecule has 0 radical (unpaired) electrons. The summed E-state index contributed by atoms with van der Waals surface area (Å²) in [5.74, 6) is -0.619. The first kappa shape index (κ1) is 15.7. The molecule has 0 aliphatic carbocycles. The van der Waals surface area contributed by atoms with Crippen molar-refractivity contribution in [2.24, 2.45) is 5.73 Å². The Morgan fingerprint density at radius 2 is 2.00 bits per heavy atom. The molecule has 0 fully saturated rings. The monoisotopic (exact) mass is 332 g/mol. The minimum Gasteiger partial charge on any atom is -0.379 e. The third kappa shape index (κ3) is 3.51. The van der Waals surface area contributed by atoms with E-state index in [2.05, 4.69) is 5.32 Å². The quantitative estimate of drug-likeness (QED) is 0.888. The molecule has 3 nitrogen and oxygen atoms in total. The van der Waals surface area contributed by atoms with Gasteiger partial charge >= 0.3 is 6.18 Å². The van der Waals surface area contributed by atoms with E-state index in [9.17, 15) is 18.0 Å². The largest absolute Gasteiger partial charge is 0.417 e. The molecule has 0 saturated heterocycles. The molecule has 2 rings (SSSR count). The van der Waals surface area contributed by atoms with E-state index in [1.165, 1.54) is 29.5 Å². The molecule has 112 valence electrons. The first-order chi connectivity index (χ1) is 9.82. The number of thiophene rings is 1. The first-order valence-corrected chi connectivity index (χ1v) is 7.41. The number of hydrogen-bond donors (Lipinski definition) is 2. The van der Waals surface area contributed by atoms with E-state index >= 15 is 0 Å². The highest BCUT2D eigenvalue weighted by molar-refractivity contribution is 8.01. The van der Waals surface area contributed by atoms with Crippen molar-refractivity contribution in [3.8, 4) is 0 Å². The minimum atomic E-state index is -4.42. The topological polar surface area (TPSA) is 55.1 Å². The number of alkyl halides is 3. The zero-order chi connectivity index (χ0) is 15.6. The second-order valence-corrected chi connectivity index (χ2v) is 6.41. The summed E-state index contributed by atoms with van der Waals surface area (Å²) in [5, 5.41) is 3.35. The minimum absolute atomic E-state index is 0.0879. The average Bonchev–Trinajstić information content (AvgIpc) is 2.81. The Balaban J connectivity index is 2.37. The molecule has 3 N–H and O–H groups in total. The number of carbonyl (C=O) groups is 1. The summed E-state index contributed by atoms with van der Waals surface area (Å²) in [5.41, 5.74) is 4.81. The van der Waals surface area contributed by atoms with Gasteiger partial charge in [0.25, 0.3) is 5.91 Å². The van der Waals surface area contributed by atoms with Crippen molar-refractivity contribution in [3.05, 3.63) is 41.5 Å². The molecule has 0 aliphatic rings. The number of halogens is 3. The SMILES string of the molecule is CNc1sc(Sc2ccccc2C(F)(F)F)cc1C(N)=O. The number of rotatable bonds is 4. The Morgan fingerprint density at radius 1 is 1.33 bits per heavy atom. The molecule has 0 spiro atoms. The third-order valence-electron chi connectivity index (χ3n) is 2.60. The summed E-state index contributed by atoms with van der Waals surface area (Å²) >= 11 is 2.15. The fraction of sp³-hybridized carbons (Fsp3) is 0.154. The lowest BCUT2D eigenvalue weighted by atomic mass is 10.2. The first-order valence-electron chi connectivity index (χ1n) is 5.78. The van der Waals surface area contributed by atoms with Crippen LogP contribution in [0.1, 0.15) is 15.9 Å². The van der Waals surface area contributed by atoms with Crippen LogP contribution in [0.25, 0.3) is 0 Å². The van der Waals surface area contributed by atoms with Crippen LogP contribution < -0.4 is 11.1 Å². The van der Waals surface area contributed by atoms with Gasteiger partial charge in [-0.25, -0.2) is 0 Å². The van der Waals surface area contributed by atoms with E-state index in [1.54, 1.807) is 13.1 Å². The summed E-state index contributed by atoms with van der Waals surface area (Å²) in [7, 11) is 1.62. The van der Waals surface area contributed by atoms with Crippen molar-refractivity contribution in [2.75, 3.05) is 12.4 Å². The number of anilines is 1. The molecule has 8 heteroatoms. The molecule has 0 bridgehead atoms. The zero-order valence-electron chi connectivity index (χ0n) is 10.8. The number of carbonyl (C=O) groups excluding carboxylic acids is 1. The van der Waals surface area contributed by atoms with Crippen LogP contribution in [-0.2, 0) is 6.18 Å². The van der Waals surface area contributed by atoms with Gasteiger partial charge in [0.05, 0.1) is 15.3 Å². The van der Waals surface area contributed by atoms with Crippen molar-refractivity contribution < 1.29 is 18.0 Å². The lowest BCUT2D eigenvalue weighted by molar-refractivity contribution is -0.139. The molecule has 0 unspecified atom stereocenters. The van der Waals surface area contributed by atoms with Crippen LogP contribution in [0.4, 0.5) is 18.2 Å². The van der Waals surface area contributed by atoms with Crippen molar-refractivity contribution in [2.45, 2.75) is 15.3 Å². The number of primary amides is 1. The predicted octanol–water partition coefficient (Wildman–Crippen LogP) is 4.06. The lowest BCUT2D eigenvalue weighted by Gasteiger charge is -2.11. The molecule has 2 aromatic rings. The Morgan fingerprint density at radius 3 is 2.52 bits per heavy atom. The van der Waals surface area contributed by atoms with Gasteiger partial charge in [0, 0.05) is 11.9 Å². The van der Waals surface area contributed by atoms with Gasteiger partial charge in [0.1, 0.15) is 5.00 Å². The molecular formula is C13H11F3N2OS2. The van der Waals surface area contributed by atoms with E-state index in [-0.39, 0.29) is 10.5 Å². The number of nitrogens with one attached hydrogen (secondary N) is 1. The number of nitrogens with two attached hydrogens (primary N) is 1. The number of hydrogen-bond acceptors (Lipinski definition) is 4. The van der Waals surface area contributed by atoms with Gasteiger partial charge in [-0.05, 0) is 18.2 Å². The van der Waals surface area contributed by atoms with Crippen LogP contribution in [0.15, 0.2) is 39.4 Å². The van der Waals surface area contributed by atoms with Crippen molar-refractivity contribution in [1.82, 2.24) is 0 Å². The second kappa shape index (κ2) is 5.98. The average molecular weight is 332 g/mol. The van der Waals surface area contributed by atoms with E-state index < -0.39 is 17.6 Å². The van der Waals surface area contributed by atoms with Crippen LogP contribution in [0.5, 0.6) is 0 Å². The Hall–Kier alpha value is -1.67. The van der Waals surface area contributed by atoms with E-state index in [4.69, 9.17) is 5.73 Å². The lowest BCUT2D eigenvalue weighted by Crippen LogP contribution is -2.11. The maximum Gasteiger partial charge on any atom is 0.417 e. The summed E-state index contributed by atoms with van der Waals surface area (Å²) in [6, 6.07) is 6.81. The van der Waals surface area contributed by atoms with Crippen molar-refractivity contribution >= 4 is 34.0 Å².